The van der Waals surface area contributed by atoms with Gasteiger partial charge in [0.25, 0.3) is 0 Å². The van der Waals surface area contributed by atoms with E-state index in [0.29, 0.717) is 6.54 Å². The molecular weight excluding hydrogens is 168 g/mol. The zero-order valence-corrected chi connectivity index (χ0v) is 7.59. The highest BCUT2D eigenvalue weighted by Gasteiger charge is 2.06. The summed E-state index contributed by atoms with van der Waals surface area (Å²) in [7, 11) is 1.86. The van der Waals surface area contributed by atoms with Crippen molar-refractivity contribution in [1.29, 1.82) is 0 Å². The first-order chi connectivity index (χ1) is 6.24. The highest BCUT2D eigenvalue weighted by atomic mass is 16.3. The second-order valence-corrected chi connectivity index (χ2v) is 2.92. The van der Waals surface area contributed by atoms with Crippen LogP contribution in [0.2, 0.25) is 0 Å². The third kappa shape index (κ3) is 3.01. The average Bonchev–Trinajstić information content (AvgIpc) is 2.19. The molecule has 1 aromatic heterocycles. The molecule has 0 aliphatic carbocycles. The molecule has 0 bridgehead atoms. The van der Waals surface area contributed by atoms with Crippen molar-refractivity contribution in [3.8, 4) is 0 Å². The van der Waals surface area contributed by atoms with Gasteiger partial charge >= 0.3 is 0 Å². The lowest BCUT2D eigenvalue weighted by Gasteiger charge is -2.21. The van der Waals surface area contributed by atoms with Gasteiger partial charge in [0, 0.05) is 31.7 Å². The largest absolute Gasteiger partial charge is 0.394 e. The lowest BCUT2D eigenvalue weighted by Crippen LogP contribution is -2.31. The quantitative estimate of drug-likeness (QED) is 0.681. The first-order valence-electron chi connectivity index (χ1n) is 4.14. The van der Waals surface area contributed by atoms with Crippen molar-refractivity contribution in [2.24, 2.45) is 0 Å². The van der Waals surface area contributed by atoms with Gasteiger partial charge in [-0.15, -0.1) is 0 Å². The monoisotopic (exact) mass is 182 g/mol. The minimum absolute atomic E-state index is 0.213. The van der Waals surface area contributed by atoms with E-state index in [4.69, 9.17) is 5.11 Å². The molecule has 13 heavy (non-hydrogen) atoms. The third-order valence-electron chi connectivity index (χ3n) is 1.80. The molecule has 0 fully saturated rings. The van der Waals surface area contributed by atoms with Crippen LogP contribution in [0.1, 0.15) is 0 Å². The molecule has 0 spiro atoms. The summed E-state index contributed by atoms with van der Waals surface area (Å²) in [4.78, 5) is 5.75. The smallest absolute Gasteiger partial charge is 0.0945 e. The van der Waals surface area contributed by atoms with Crippen LogP contribution in [0.15, 0.2) is 24.5 Å². The van der Waals surface area contributed by atoms with Crippen LogP contribution < -0.4 is 4.90 Å². The summed E-state index contributed by atoms with van der Waals surface area (Å²) in [6.45, 7) is 0.204. The minimum Gasteiger partial charge on any atom is -0.394 e. The fourth-order valence-corrected chi connectivity index (χ4v) is 1.08. The predicted molar refractivity (Wildman–Crippen MR) is 50.6 cm³/mol. The van der Waals surface area contributed by atoms with Crippen molar-refractivity contribution in [3.63, 3.8) is 0 Å². The number of aliphatic hydroxyl groups is 2. The third-order valence-corrected chi connectivity index (χ3v) is 1.80. The van der Waals surface area contributed by atoms with Crippen LogP contribution >= 0.6 is 0 Å². The van der Waals surface area contributed by atoms with Crippen LogP contribution in [0, 0.1) is 0 Å². The Kier molecular flexibility index (Phi) is 3.67. The first-order valence-corrected chi connectivity index (χ1v) is 4.14. The fraction of sp³-hybridized carbons (Fsp3) is 0.444. The first kappa shape index (κ1) is 9.95. The number of rotatable bonds is 4. The Balaban J connectivity index is 2.53. The van der Waals surface area contributed by atoms with E-state index in [1.54, 1.807) is 12.4 Å². The number of anilines is 1. The molecule has 1 atom stereocenters. The topological polar surface area (TPSA) is 56.6 Å². The normalized spacial score (nSPS) is 12.5. The highest BCUT2D eigenvalue weighted by Crippen LogP contribution is 2.09. The molecule has 4 nitrogen and oxygen atoms in total. The SMILES string of the molecule is CN(CC(O)CO)c1ccncc1. The van der Waals surface area contributed by atoms with Crippen LogP contribution in [0.25, 0.3) is 0 Å². The Bertz CT molecular complexity index is 241. The molecule has 0 saturated carbocycles. The van der Waals surface area contributed by atoms with Gasteiger partial charge < -0.3 is 15.1 Å². The van der Waals surface area contributed by atoms with Crippen molar-refractivity contribution in [2.75, 3.05) is 25.1 Å². The molecule has 2 N–H and O–H groups in total. The molecule has 0 aliphatic heterocycles. The maximum Gasteiger partial charge on any atom is 0.0945 e. The van der Waals surface area contributed by atoms with Gasteiger partial charge in [-0.05, 0) is 12.1 Å². The summed E-state index contributed by atoms with van der Waals surface area (Å²) in [6.07, 6.45) is 2.69. The van der Waals surface area contributed by atoms with Gasteiger partial charge in [-0.3, -0.25) is 4.98 Å². The number of likely N-dealkylation sites (N-methyl/N-ethyl adjacent to an activating group) is 1. The summed E-state index contributed by atoms with van der Waals surface area (Å²) >= 11 is 0. The Labute approximate surface area is 77.5 Å². The van der Waals surface area contributed by atoms with Gasteiger partial charge in [-0.1, -0.05) is 0 Å². The molecule has 1 unspecified atom stereocenters. The van der Waals surface area contributed by atoms with Crippen molar-refractivity contribution in [1.82, 2.24) is 4.98 Å². The Morgan fingerprint density at radius 3 is 2.62 bits per heavy atom. The van der Waals surface area contributed by atoms with Crippen molar-refractivity contribution in [2.45, 2.75) is 6.10 Å². The molecule has 0 aliphatic rings. The number of hydrogen-bond donors (Lipinski definition) is 2. The average molecular weight is 182 g/mol. The van der Waals surface area contributed by atoms with E-state index in [0.717, 1.165) is 5.69 Å². The second kappa shape index (κ2) is 4.79. The molecule has 72 valence electrons. The zero-order chi connectivity index (χ0) is 9.68. The van der Waals surface area contributed by atoms with E-state index in [1.807, 2.05) is 24.1 Å². The summed E-state index contributed by atoms with van der Waals surface area (Å²) in [5.74, 6) is 0. The summed E-state index contributed by atoms with van der Waals surface area (Å²) in [5, 5.41) is 17.8. The van der Waals surface area contributed by atoms with E-state index < -0.39 is 6.10 Å². The van der Waals surface area contributed by atoms with Crippen LogP contribution in [-0.4, -0.2) is 41.5 Å². The number of aliphatic hydroxyl groups excluding tert-OH is 2. The van der Waals surface area contributed by atoms with E-state index in [1.165, 1.54) is 0 Å². The Morgan fingerprint density at radius 2 is 2.08 bits per heavy atom. The van der Waals surface area contributed by atoms with Gasteiger partial charge in [-0.2, -0.15) is 0 Å². The summed E-state index contributed by atoms with van der Waals surface area (Å²) in [5.41, 5.74) is 0.975. The predicted octanol–water partition coefficient (Wildman–Crippen LogP) is -0.129. The standard InChI is InChI=1S/C9H14N2O2/c1-11(6-9(13)7-12)8-2-4-10-5-3-8/h2-5,9,12-13H,6-7H2,1H3. The highest BCUT2D eigenvalue weighted by molar-refractivity contribution is 5.43. The second-order valence-electron chi connectivity index (χ2n) is 2.92. The van der Waals surface area contributed by atoms with Crippen LogP contribution in [0.3, 0.4) is 0 Å². The number of aromatic nitrogens is 1. The van der Waals surface area contributed by atoms with E-state index in [9.17, 15) is 5.11 Å². The molecule has 1 rings (SSSR count). The minimum atomic E-state index is -0.696. The Morgan fingerprint density at radius 1 is 1.46 bits per heavy atom. The Hall–Kier alpha value is -1.13. The van der Waals surface area contributed by atoms with Crippen LogP contribution in [-0.2, 0) is 0 Å². The van der Waals surface area contributed by atoms with Crippen molar-refractivity contribution in [3.05, 3.63) is 24.5 Å². The fourth-order valence-electron chi connectivity index (χ4n) is 1.08. The lowest BCUT2D eigenvalue weighted by molar-refractivity contribution is 0.101. The maximum absolute atomic E-state index is 9.18. The molecule has 0 aromatic carbocycles. The van der Waals surface area contributed by atoms with Crippen molar-refractivity contribution >= 4 is 5.69 Å². The molecule has 4 heteroatoms. The van der Waals surface area contributed by atoms with E-state index in [2.05, 4.69) is 4.98 Å². The van der Waals surface area contributed by atoms with E-state index >= 15 is 0 Å². The summed E-state index contributed by atoms with van der Waals surface area (Å²) < 4.78 is 0. The van der Waals surface area contributed by atoms with Crippen molar-refractivity contribution < 1.29 is 10.2 Å². The van der Waals surface area contributed by atoms with Gasteiger partial charge in [0.1, 0.15) is 0 Å². The van der Waals surface area contributed by atoms with Gasteiger partial charge in [0.15, 0.2) is 0 Å². The molecule has 1 aromatic rings. The van der Waals surface area contributed by atoms with Gasteiger partial charge in [0.2, 0.25) is 0 Å². The molecule has 0 saturated heterocycles. The number of pyridine rings is 1. The lowest BCUT2D eigenvalue weighted by atomic mass is 10.3. The summed E-state index contributed by atoms with van der Waals surface area (Å²) in [6, 6.07) is 3.70. The van der Waals surface area contributed by atoms with Gasteiger partial charge in [-0.25, -0.2) is 0 Å². The van der Waals surface area contributed by atoms with Crippen LogP contribution in [0.4, 0.5) is 5.69 Å². The molecular formula is C9H14N2O2. The molecule has 1 heterocycles. The van der Waals surface area contributed by atoms with Gasteiger partial charge in [0.05, 0.1) is 12.7 Å². The maximum atomic E-state index is 9.18. The van der Waals surface area contributed by atoms with Crippen LogP contribution in [0.5, 0.6) is 0 Å². The zero-order valence-electron chi connectivity index (χ0n) is 7.59. The number of hydrogen-bond acceptors (Lipinski definition) is 4. The molecule has 0 radical (unpaired) electrons. The van der Waals surface area contributed by atoms with E-state index in [-0.39, 0.29) is 6.61 Å². The molecule has 0 amide bonds. The number of nitrogens with zero attached hydrogens (tertiary/aromatic N) is 2.